The van der Waals surface area contributed by atoms with Crippen LogP contribution in [0, 0.1) is 0 Å². The van der Waals surface area contributed by atoms with Crippen LogP contribution in [0.3, 0.4) is 0 Å². The van der Waals surface area contributed by atoms with E-state index in [4.69, 9.17) is 23.2 Å². The molecule has 0 aromatic heterocycles. The average Bonchev–Trinajstić information content (AvgIpc) is 2.37. The van der Waals surface area contributed by atoms with E-state index in [9.17, 15) is 13.5 Å². The van der Waals surface area contributed by atoms with Gasteiger partial charge in [0, 0.05) is 18.1 Å². The predicted molar refractivity (Wildman–Crippen MR) is 81.6 cm³/mol. The Labute approximate surface area is 129 Å². The first-order valence-corrected chi connectivity index (χ1v) is 8.17. The topological polar surface area (TPSA) is 57.6 Å². The maximum atomic E-state index is 12.6. The standard InChI is InChI=1S/C13H17Cl2NO3S/c1-4-16(7-9(2)3)20(18,19)12-6-11(14)5-10(8-17)13(12)15/h5-6,17H,2,4,7-8H2,1,3H3. The lowest BCUT2D eigenvalue weighted by Crippen LogP contribution is -2.32. The number of hydrogen-bond donors (Lipinski definition) is 1. The molecule has 1 aromatic rings. The summed E-state index contributed by atoms with van der Waals surface area (Å²) in [4.78, 5) is -0.0983. The van der Waals surface area contributed by atoms with E-state index in [-0.39, 0.29) is 40.2 Å². The quantitative estimate of drug-likeness (QED) is 0.811. The molecule has 0 aliphatic carbocycles. The SMILES string of the molecule is C=C(C)CN(CC)S(=O)(=O)c1cc(Cl)cc(CO)c1Cl. The summed E-state index contributed by atoms with van der Waals surface area (Å²) in [6.07, 6.45) is 0. The number of sulfonamides is 1. The Bertz CT molecular complexity index is 614. The summed E-state index contributed by atoms with van der Waals surface area (Å²) < 4.78 is 26.5. The first kappa shape index (κ1) is 17.5. The molecule has 112 valence electrons. The first-order chi connectivity index (χ1) is 9.23. The minimum atomic E-state index is -3.79. The fraction of sp³-hybridized carbons (Fsp3) is 0.385. The Hall–Kier alpha value is -0.590. The van der Waals surface area contributed by atoms with E-state index >= 15 is 0 Å². The lowest BCUT2D eigenvalue weighted by atomic mass is 10.2. The third-order valence-electron chi connectivity index (χ3n) is 2.67. The summed E-state index contributed by atoms with van der Waals surface area (Å²) in [7, 11) is -3.79. The monoisotopic (exact) mass is 337 g/mol. The molecule has 20 heavy (non-hydrogen) atoms. The highest BCUT2D eigenvalue weighted by Gasteiger charge is 2.27. The molecular formula is C13H17Cl2NO3S. The van der Waals surface area contributed by atoms with Crippen LogP contribution in [0.15, 0.2) is 29.2 Å². The molecule has 0 aliphatic heterocycles. The minimum absolute atomic E-state index is 0.00272. The molecule has 0 atom stereocenters. The molecule has 0 spiro atoms. The van der Waals surface area contributed by atoms with Crippen molar-refractivity contribution in [2.45, 2.75) is 25.3 Å². The van der Waals surface area contributed by atoms with Crippen LogP contribution in [-0.2, 0) is 16.6 Å². The van der Waals surface area contributed by atoms with Gasteiger partial charge in [0.2, 0.25) is 10.0 Å². The fourth-order valence-corrected chi connectivity index (χ4v) is 4.14. The Kier molecular flexibility index (Phi) is 6.04. The van der Waals surface area contributed by atoms with Crippen molar-refractivity contribution in [1.29, 1.82) is 0 Å². The molecule has 0 aliphatic rings. The van der Waals surface area contributed by atoms with E-state index in [1.54, 1.807) is 13.8 Å². The molecule has 0 heterocycles. The van der Waals surface area contributed by atoms with Gasteiger partial charge in [0.15, 0.2) is 0 Å². The minimum Gasteiger partial charge on any atom is -0.392 e. The largest absolute Gasteiger partial charge is 0.392 e. The van der Waals surface area contributed by atoms with Crippen LogP contribution in [-0.4, -0.2) is 30.9 Å². The van der Waals surface area contributed by atoms with Crippen LogP contribution >= 0.6 is 23.2 Å². The van der Waals surface area contributed by atoms with Crippen LogP contribution in [0.25, 0.3) is 0 Å². The van der Waals surface area contributed by atoms with Gasteiger partial charge in [-0.1, -0.05) is 42.3 Å². The Morgan fingerprint density at radius 1 is 1.40 bits per heavy atom. The molecule has 0 amide bonds. The van der Waals surface area contributed by atoms with Gasteiger partial charge in [-0.05, 0) is 24.6 Å². The van der Waals surface area contributed by atoms with Gasteiger partial charge in [-0.25, -0.2) is 8.42 Å². The number of hydrogen-bond acceptors (Lipinski definition) is 3. The molecule has 1 rings (SSSR count). The van der Waals surface area contributed by atoms with Crippen LogP contribution in [0.1, 0.15) is 19.4 Å². The van der Waals surface area contributed by atoms with Crippen molar-refractivity contribution in [2.24, 2.45) is 0 Å². The number of aliphatic hydroxyl groups is 1. The van der Waals surface area contributed by atoms with Crippen molar-refractivity contribution in [3.63, 3.8) is 0 Å². The van der Waals surface area contributed by atoms with E-state index in [2.05, 4.69) is 6.58 Å². The molecule has 4 nitrogen and oxygen atoms in total. The van der Waals surface area contributed by atoms with Gasteiger partial charge >= 0.3 is 0 Å². The maximum Gasteiger partial charge on any atom is 0.244 e. The van der Waals surface area contributed by atoms with Gasteiger partial charge in [-0.3, -0.25) is 0 Å². The van der Waals surface area contributed by atoms with Crippen molar-refractivity contribution in [1.82, 2.24) is 4.31 Å². The molecule has 0 unspecified atom stereocenters. The number of halogens is 2. The fourth-order valence-electron chi connectivity index (χ4n) is 1.73. The summed E-state index contributed by atoms with van der Waals surface area (Å²) in [5, 5.41) is 9.42. The summed E-state index contributed by atoms with van der Waals surface area (Å²) in [5.41, 5.74) is 1.00. The molecular weight excluding hydrogens is 321 g/mol. The third kappa shape index (κ3) is 3.74. The number of nitrogens with zero attached hydrogens (tertiary/aromatic N) is 1. The van der Waals surface area contributed by atoms with Crippen molar-refractivity contribution in [2.75, 3.05) is 13.1 Å². The second-order valence-electron chi connectivity index (χ2n) is 4.42. The van der Waals surface area contributed by atoms with Gasteiger partial charge in [-0.2, -0.15) is 4.31 Å². The van der Waals surface area contributed by atoms with E-state index in [1.807, 2.05) is 0 Å². The van der Waals surface area contributed by atoms with Gasteiger partial charge < -0.3 is 5.11 Å². The van der Waals surface area contributed by atoms with Crippen molar-refractivity contribution >= 4 is 33.2 Å². The lowest BCUT2D eigenvalue weighted by Gasteiger charge is -2.22. The van der Waals surface area contributed by atoms with E-state index in [0.717, 1.165) is 5.57 Å². The average molecular weight is 338 g/mol. The molecule has 0 saturated carbocycles. The Balaban J connectivity index is 3.41. The molecule has 1 aromatic carbocycles. The van der Waals surface area contributed by atoms with E-state index in [0.29, 0.717) is 0 Å². The van der Waals surface area contributed by atoms with Crippen molar-refractivity contribution in [3.8, 4) is 0 Å². The Morgan fingerprint density at radius 2 is 2.00 bits per heavy atom. The maximum absolute atomic E-state index is 12.6. The van der Waals surface area contributed by atoms with Crippen LogP contribution in [0.5, 0.6) is 0 Å². The van der Waals surface area contributed by atoms with Crippen LogP contribution < -0.4 is 0 Å². The van der Waals surface area contributed by atoms with E-state index < -0.39 is 10.0 Å². The summed E-state index contributed by atoms with van der Waals surface area (Å²) in [6.45, 7) is 7.30. The van der Waals surface area contributed by atoms with Gasteiger partial charge in [-0.15, -0.1) is 0 Å². The Morgan fingerprint density at radius 3 is 2.45 bits per heavy atom. The molecule has 0 radical (unpaired) electrons. The van der Waals surface area contributed by atoms with Crippen LogP contribution in [0.2, 0.25) is 10.0 Å². The predicted octanol–water partition coefficient (Wildman–Crippen LogP) is 3.07. The zero-order chi connectivity index (χ0) is 15.5. The zero-order valence-electron chi connectivity index (χ0n) is 11.4. The number of aliphatic hydroxyl groups excluding tert-OH is 1. The highest BCUT2D eigenvalue weighted by Crippen LogP contribution is 2.31. The molecule has 0 saturated heterocycles. The van der Waals surface area contributed by atoms with Crippen molar-refractivity contribution < 1.29 is 13.5 Å². The van der Waals surface area contributed by atoms with Crippen LogP contribution in [0.4, 0.5) is 0 Å². The number of benzene rings is 1. The summed E-state index contributed by atoms with van der Waals surface area (Å²) in [6, 6.07) is 2.73. The van der Waals surface area contributed by atoms with E-state index in [1.165, 1.54) is 16.4 Å². The summed E-state index contributed by atoms with van der Waals surface area (Å²) in [5.74, 6) is 0. The highest BCUT2D eigenvalue weighted by molar-refractivity contribution is 7.89. The molecule has 0 bridgehead atoms. The van der Waals surface area contributed by atoms with Gasteiger partial charge in [0.25, 0.3) is 0 Å². The second-order valence-corrected chi connectivity index (χ2v) is 7.14. The second kappa shape index (κ2) is 6.91. The third-order valence-corrected chi connectivity index (χ3v) is 5.39. The smallest absolute Gasteiger partial charge is 0.244 e. The molecule has 0 fully saturated rings. The summed E-state index contributed by atoms with van der Waals surface area (Å²) >= 11 is 11.9. The lowest BCUT2D eigenvalue weighted by molar-refractivity contribution is 0.281. The highest BCUT2D eigenvalue weighted by atomic mass is 35.5. The van der Waals surface area contributed by atoms with Gasteiger partial charge in [0.1, 0.15) is 4.90 Å². The number of rotatable bonds is 6. The zero-order valence-corrected chi connectivity index (χ0v) is 13.7. The first-order valence-electron chi connectivity index (χ1n) is 5.97. The normalized spacial score (nSPS) is 11.9. The molecule has 7 heteroatoms. The molecule has 1 N–H and O–H groups in total. The van der Waals surface area contributed by atoms with Crippen molar-refractivity contribution in [3.05, 3.63) is 39.9 Å². The van der Waals surface area contributed by atoms with Gasteiger partial charge in [0.05, 0.1) is 11.6 Å². The number of likely N-dealkylation sites (N-methyl/N-ethyl adjacent to an activating group) is 1.